The number of nitrogens with one attached hydrogen (secondary N) is 1. The molecule has 2 amide bonds. The maximum Gasteiger partial charge on any atom is 0.225 e. The van der Waals surface area contributed by atoms with Crippen molar-refractivity contribution < 1.29 is 18.7 Å². The molecule has 2 aromatic rings. The fraction of sp³-hybridized carbons (Fsp3) is 0.278. The Morgan fingerprint density at radius 1 is 1.36 bits per heavy atom. The van der Waals surface area contributed by atoms with Gasteiger partial charge in [-0.25, -0.2) is 9.37 Å². The summed E-state index contributed by atoms with van der Waals surface area (Å²) in [7, 11) is 1.69. The zero-order chi connectivity index (χ0) is 17.8. The number of hydrogen-bond acceptors (Lipinski definition) is 4. The number of rotatable bonds is 5. The van der Waals surface area contributed by atoms with Crippen molar-refractivity contribution in [2.24, 2.45) is 5.92 Å². The second kappa shape index (κ2) is 7.29. The van der Waals surface area contributed by atoms with Gasteiger partial charge < -0.3 is 15.0 Å². The number of nitrogens with zero attached hydrogens (tertiary/aromatic N) is 2. The number of benzene rings is 1. The van der Waals surface area contributed by atoms with Crippen LogP contribution in [0.15, 0.2) is 42.6 Å². The summed E-state index contributed by atoms with van der Waals surface area (Å²) in [4.78, 5) is 29.3. The van der Waals surface area contributed by atoms with Crippen molar-refractivity contribution in [1.82, 2.24) is 15.2 Å². The van der Waals surface area contributed by atoms with Crippen molar-refractivity contribution in [3.63, 3.8) is 0 Å². The van der Waals surface area contributed by atoms with Crippen LogP contribution in [0.4, 0.5) is 4.39 Å². The first-order valence-electron chi connectivity index (χ1n) is 7.91. The molecule has 1 aliphatic rings. The van der Waals surface area contributed by atoms with Gasteiger partial charge in [0.15, 0.2) is 0 Å². The molecule has 1 aromatic heterocycles. The molecular weight excluding hydrogens is 325 g/mol. The number of carbonyl (C=O) groups is 2. The van der Waals surface area contributed by atoms with E-state index in [2.05, 4.69) is 10.3 Å². The van der Waals surface area contributed by atoms with Gasteiger partial charge in [0.1, 0.15) is 11.6 Å². The van der Waals surface area contributed by atoms with E-state index >= 15 is 0 Å². The van der Waals surface area contributed by atoms with Crippen LogP contribution in [-0.2, 0) is 16.1 Å². The van der Waals surface area contributed by atoms with Crippen LogP contribution in [0, 0.1) is 11.7 Å². The molecule has 0 radical (unpaired) electrons. The van der Waals surface area contributed by atoms with E-state index in [1.54, 1.807) is 30.3 Å². The lowest BCUT2D eigenvalue weighted by Crippen LogP contribution is -2.31. The third-order valence-electron chi connectivity index (χ3n) is 4.01. The lowest BCUT2D eigenvalue weighted by Gasteiger charge is -2.11. The van der Waals surface area contributed by atoms with Crippen molar-refractivity contribution in [3.8, 4) is 11.6 Å². The van der Waals surface area contributed by atoms with Gasteiger partial charge in [-0.1, -0.05) is 0 Å². The Labute approximate surface area is 144 Å². The Kier molecular flexibility index (Phi) is 4.92. The minimum Gasteiger partial charge on any atom is -0.439 e. The van der Waals surface area contributed by atoms with Crippen molar-refractivity contribution in [1.29, 1.82) is 0 Å². The molecule has 130 valence electrons. The first-order valence-corrected chi connectivity index (χ1v) is 7.91. The number of carbonyl (C=O) groups excluding carboxylic acids is 2. The lowest BCUT2D eigenvalue weighted by atomic mass is 10.1. The van der Waals surface area contributed by atoms with Crippen LogP contribution in [0.1, 0.15) is 12.0 Å². The normalized spacial score (nSPS) is 16.8. The number of hydrogen-bond donors (Lipinski definition) is 1. The second-order valence-electron chi connectivity index (χ2n) is 5.95. The van der Waals surface area contributed by atoms with Crippen LogP contribution >= 0.6 is 0 Å². The Balaban J connectivity index is 1.57. The van der Waals surface area contributed by atoms with Gasteiger partial charge in [0.2, 0.25) is 17.7 Å². The highest BCUT2D eigenvalue weighted by Crippen LogP contribution is 2.20. The summed E-state index contributed by atoms with van der Waals surface area (Å²) in [5.74, 6) is 0.0216. The summed E-state index contributed by atoms with van der Waals surface area (Å²) in [6.07, 6.45) is 1.82. The SMILES string of the molecule is CN1C[C@H](C(=O)NCc2ccnc(Oc3ccc(F)cc3)c2)CC1=O. The Morgan fingerprint density at radius 2 is 2.12 bits per heavy atom. The number of likely N-dealkylation sites (tertiary alicyclic amines) is 1. The predicted molar refractivity (Wildman–Crippen MR) is 88.3 cm³/mol. The highest BCUT2D eigenvalue weighted by atomic mass is 19.1. The van der Waals surface area contributed by atoms with E-state index in [1.807, 2.05) is 0 Å². The molecule has 1 saturated heterocycles. The average molecular weight is 343 g/mol. The van der Waals surface area contributed by atoms with Gasteiger partial charge in [-0.2, -0.15) is 0 Å². The molecule has 3 rings (SSSR count). The first-order chi connectivity index (χ1) is 12.0. The topological polar surface area (TPSA) is 71.5 Å². The van der Waals surface area contributed by atoms with Crippen molar-refractivity contribution in [3.05, 3.63) is 54.0 Å². The maximum atomic E-state index is 12.9. The van der Waals surface area contributed by atoms with Gasteiger partial charge in [0.25, 0.3) is 0 Å². The Hall–Kier alpha value is -2.96. The largest absolute Gasteiger partial charge is 0.439 e. The van der Waals surface area contributed by atoms with E-state index in [9.17, 15) is 14.0 Å². The van der Waals surface area contributed by atoms with E-state index in [0.29, 0.717) is 24.7 Å². The summed E-state index contributed by atoms with van der Waals surface area (Å²) in [6.45, 7) is 0.759. The summed E-state index contributed by atoms with van der Waals surface area (Å²) in [6, 6.07) is 9.11. The summed E-state index contributed by atoms with van der Waals surface area (Å²) < 4.78 is 18.5. The van der Waals surface area contributed by atoms with Crippen LogP contribution in [0.25, 0.3) is 0 Å². The number of ether oxygens (including phenoxy) is 1. The molecule has 1 fully saturated rings. The zero-order valence-electron chi connectivity index (χ0n) is 13.7. The summed E-state index contributed by atoms with van der Waals surface area (Å²) in [5, 5.41) is 2.83. The van der Waals surface area contributed by atoms with Gasteiger partial charge in [0, 0.05) is 38.8 Å². The smallest absolute Gasteiger partial charge is 0.225 e. The standard InChI is InChI=1S/C18H18FN3O3/c1-22-11-13(9-17(22)23)18(24)21-10-12-6-7-20-16(8-12)25-15-4-2-14(19)3-5-15/h2-8,13H,9-11H2,1H3,(H,21,24)/t13-/m1/s1. The van der Waals surface area contributed by atoms with Crippen LogP contribution in [0.5, 0.6) is 11.6 Å². The van der Waals surface area contributed by atoms with Gasteiger partial charge in [-0.3, -0.25) is 9.59 Å². The number of halogens is 1. The van der Waals surface area contributed by atoms with E-state index in [0.717, 1.165) is 5.56 Å². The van der Waals surface area contributed by atoms with Crippen LogP contribution in [0.2, 0.25) is 0 Å². The molecule has 1 N–H and O–H groups in total. The Morgan fingerprint density at radius 3 is 2.80 bits per heavy atom. The first kappa shape index (κ1) is 16.9. The molecule has 6 nitrogen and oxygen atoms in total. The van der Waals surface area contributed by atoms with Crippen molar-refractivity contribution >= 4 is 11.8 Å². The molecule has 0 bridgehead atoms. The molecule has 1 aromatic carbocycles. The molecule has 0 unspecified atom stereocenters. The maximum absolute atomic E-state index is 12.9. The van der Waals surface area contributed by atoms with Crippen LogP contribution < -0.4 is 10.1 Å². The number of amides is 2. The highest BCUT2D eigenvalue weighted by Gasteiger charge is 2.31. The van der Waals surface area contributed by atoms with Gasteiger partial charge >= 0.3 is 0 Å². The summed E-state index contributed by atoms with van der Waals surface area (Å²) in [5.41, 5.74) is 0.818. The van der Waals surface area contributed by atoms with E-state index in [4.69, 9.17) is 4.74 Å². The van der Waals surface area contributed by atoms with Gasteiger partial charge in [-0.15, -0.1) is 0 Å². The van der Waals surface area contributed by atoms with E-state index in [-0.39, 0.29) is 30.0 Å². The minimum atomic E-state index is -0.340. The van der Waals surface area contributed by atoms with Gasteiger partial charge in [-0.05, 0) is 35.9 Å². The van der Waals surface area contributed by atoms with E-state index < -0.39 is 0 Å². The third kappa shape index (κ3) is 4.32. The number of pyridine rings is 1. The Bertz CT molecular complexity index is 779. The molecule has 25 heavy (non-hydrogen) atoms. The molecule has 0 spiro atoms. The molecule has 0 saturated carbocycles. The number of aromatic nitrogens is 1. The summed E-state index contributed by atoms with van der Waals surface area (Å²) >= 11 is 0. The molecule has 1 atom stereocenters. The monoisotopic (exact) mass is 343 g/mol. The second-order valence-corrected chi connectivity index (χ2v) is 5.95. The highest BCUT2D eigenvalue weighted by molar-refractivity contribution is 5.89. The molecule has 2 heterocycles. The average Bonchev–Trinajstić information content (AvgIpc) is 2.94. The quantitative estimate of drug-likeness (QED) is 0.903. The van der Waals surface area contributed by atoms with Gasteiger partial charge in [0.05, 0.1) is 5.92 Å². The zero-order valence-corrected chi connectivity index (χ0v) is 13.7. The fourth-order valence-corrected chi connectivity index (χ4v) is 2.61. The third-order valence-corrected chi connectivity index (χ3v) is 4.01. The van der Waals surface area contributed by atoms with Crippen LogP contribution in [0.3, 0.4) is 0 Å². The fourth-order valence-electron chi connectivity index (χ4n) is 2.61. The molecule has 0 aliphatic carbocycles. The molecule has 7 heteroatoms. The van der Waals surface area contributed by atoms with Crippen molar-refractivity contribution in [2.45, 2.75) is 13.0 Å². The van der Waals surface area contributed by atoms with Crippen molar-refractivity contribution in [2.75, 3.05) is 13.6 Å². The van der Waals surface area contributed by atoms with E-state index in [1.165, 1.54) is 24.3 Å². The minimum absolute atomic E-state index is 0.0148. The predicted octanol–water partition coefficient (Wildman–Crippen LogP) is 2.11. The lowest BCUT2D eigenvalue weighted by molar-refractivity contribution is -0.128. The molecular formula is C18H18FN3O3. The molecule has 1 aliphatic heterocycles. The van der Waals surface area contributed by atoms with Crippen LogP contribution in [-0.4, -0.2) is 35.3 Å².